The van der Waals surface area contributed by atoms with Crippen molar-refractivity contribution in [3.05, 3.63) is 59.1 Å². The maximum absolute atomic E-state index is 10.6. The lowest BCUT2D eigenvalue weighted by atomic mass is 10.2. The zero-order chi connectivity index (χ0) is 11.4. The Labute approximate surface area is 98.4 Å². The summed E-state index contributed by atoms with van der Waals surface area (Å²) in [6.45, 7) is 0. The standard InChI is InChI=1S/C13H9ClO2/c14-13-8-12(7-6-10(13)9-15)16-11-4-2-1-3-5-11/h1-9H. The lowest BCUT2D eigenvalue weighted by molar-refractivity contribution is 0.112. The van der Waals surface area contributed by atoms with Gasteiger partial charge in [0, 0.05) is 11.6 Å². The Morgan fingerprint density at radius 1 is 1.00 bits per heavy atom. The summed E-state index contributed by atoms with van der Waals surface area (Å²) in [5, 5.41) is 0.392. The molecule has 2 nitrogen and oxygen atoms in total. The Hall–Kier alpha value is -1.80. The van der Waals surface area contributed by atoms with Crippen molar-refractivity contribution < 1.29 is 9.53 Å². The van der Waals surface area contributed by atoms with Gasteiger partial charge >= 0.3 is 0 Å². The molecule has 0 aliphatic heterocycles. The first-order chi connectivity index (χ1) is 7.79. The summed E-state index contributed by atoms with van der Waals surface area (Å²) < 4.78 is 5.56. The van der Waals surface area contributed by atoms with Crippen LogP contribution in [-0.2, 0) is 0 Å². The van der Waals surface area contributed by atoms with Crippen LogP contribution in [0.25, 0.3) is 0 Å². The molecule has 0 amide bonds. The van der Waals surface area contributed by atoms with Crippen LogP contribution in [0.5, 0.6) is 11.5 Å². The average molecular weight is 233 g/mol. The van der Waals surface area contributed by atoms with E-state index in [1.165, 1.54) is 0 Å². The van der Waals surface area contributed by atoms with Crippen molar-refractivity contribution >= 4 is 17.9 Å². The van der Waals surface area contributed by atoms with Crippen LogP contribution in [0, 0.1) is 0 Å². The van der Waals surface area contributed by atoms with Gasteiger partial charge in [-0.1, -0.05) is 29.8 Å². The van der Waals surface area contributed by atoms with Crippen LogP contribution in [0.2, 0.25) is 5.02 Å². The van der Waals surface area contributed by atoms with Crippen LogP contribution in [0.3, 0.4) is 0 Å². The molecule has 0 aliphatic carbocycles. The maximum atomic E-state index is 10.6. The van der Waals surface area contributed by atoms with Crippen molar-refractivity contribution in [3.8, 4) is 11.5 Å². The van der Waals surface area contributed by atoms with Crippen molar-refractivity contribution in [3.63, 3.8) is 0 Å². The summed E-state index contributed by atoms with van der Waals surface area (Å²) in [5.74, 6) is 1.35. The van der Waals surface area contributed by atoms with Crippen LogP contribution in [0.4, 0.5) is 0 Å². The summed E-state index contributed by atoms with van der Waals surface area (Å²) in [5.41, 5.74) is 0.460. The van der Waals surface area contributed by atoms with Gasteiger partial charge in [-0.2, -0.15) is 0 Å². The Balaban J connectivity index is 2.23. The number of carbonyl (C=O) groups excluding carboxylic acids is 1. The third kappa shape index (κ3) is 2.41. The zero-order valence-electron chi connectivity index (χ0n) is 8.39. The smallest absolute Gasteiger partial charge is 0.151 e. The fraction of sp³-hybridized carbons (Fsp3) is 0. The summed E-state index contributed by atoms with van der Waals surface area (Å²) >= 11 is 5.88. The third-order valence-electron chi connectivity index (χ3n) is 2.08. The predicted molar refractivity (Wildman–Crippen MR) is 63.4 cm³/mol. The molecular formula is C13H9ClO2. The highest BCUT2D eigenvalue weighted by atomic mass is 35.5. The van der Waals surface area contributed by atoms with E-state index >= 15 is 0 Å². The van der Waals surface area contributed by atoms with Gasteiger partial charge in [-0.15, -0.1) is 0 Å². The molecule has 0 saturated carbocycles. The molecule has 0 radical (unpaired) electrons. The number of halogens is 1. The molecule has 16 heavy (non-hydrogen) atoms. The first-order valence-electron chi connectivity index (χ1n) is 4.77. The SMILES string of the molecule is O=Cc1ccc(Oc2ccccc2)cc1Cl. The van der Waals surface area contributed by atoms with E-state index in [4.69, 9.17) is 16.3 Å². The fourth-order valence-corrected chi connectivity index (χ4v) is 1.51. The van der Waals surface area contributed by atoms with Crippen molar-refractivity contribution in [2.75, 3.05) is 0 Å². The molecule has 0 N–H and O–H groups in total. The molecular weight excluding hydrogens is 224 g/mol. The first-order valence-corrected chi connectivity index (χ1v) is 5.15. The summed E-state index contributed by atoms with van der Waals surface area (Å²) in [7, 11) is 0. The predicted octanol–water partition coefficient (Wildman–Crippen LogP) is 3.94. The second-order valence-electron chi connectivity index (χ2n) is 3.22. The van der Waals surface area contributed by atoms with Gasteiger partial charge in [0.15, 0.2) is 6.29 Å². The van der Waals surface area contributed by atoms with Crippen molar-refractivity contribution in [2.45, 2.75) is 0 Å². The van der Waals surface area contributed by atoms with Crippen LogP contribution >= 0.6 is 11.6 Å². The second kappa shape index (κ2) is 4.81. The van der Waals surface area contributed by atoms with Crippen molar-refractivity contribution in [2.24, 2.45) is 0 Å². The minimum Gasteiger partial charge on any atom is -0.457 e. The lowest BCUT2D eigenvalue weighted by Crippen LogP contribution is -1.86. The summed E-state index contributed by atoms with van der Waals surface area (Å²) in [6.07, 6.45) is 0.717. The van der Waals surface area contributed by atoms with E-state index in [2.05, 4.69) is 0 Å². The van der Waals surface area contributed by atoms with Crippen LogP contribution in [0.15, 0.2) is 48.5 Å². The van der Waals surface area contributed by atoms with Crippen LogP contribution in [-0.4, -0.2) is 6.29 Å². The normalized spacial score (nSPS) is 9.81. The average Bonchev–Trinajstić information content (AvgIpc) is 2.31. The number of aldehydes is 1. The number of carbonyl (C=O) groups is 1. The van der Waals surface area contributed by atoms with Crippen LogP contribution in [0.1, 0.15) is 10.4 Å². The Morgan fingerprint density at radius 2 is 1.75 bits per heavy atom. The molecule has 0 aliphatic rings. The largest absolute Gasteiger partial charge is 0.457 e. The lowest BCUT2D eigenvalue weighted by Gasteiger charge is -2.06. The number of para-hydroxylation sites is 1. The molecule has 2 aromatic rings. The Kier molecular flexibility index (Phi) is 3.22. The van der Waals surface area contributed by atoms with Gasteiger partial charge < -0.3 is 4.74 Å². The van der Waals surface area contributed by atoms with E-state index in [-0.39, 0.29) is 0 Å². The fourth-order valence-electron chi connectivity index (χ4n) is 1.29. The topological polar surface area (TPSA) is 26.3 Å². The van der Waals surface area contributed by atoms with Crippen molar-refractivity contribution in [1.29, 1.82) is 0 Å². The van der Waals surface area contributed by atoms with E-state index in [1.807, 2.05) is 30.3 Å². The highest BCUT2D eigenvalue weighted by Crippen LogP contribution is 2.25. The molecule has 0 heterocycles. The monoisotopic (exact) mass is 232 g/mol. The molecule has 3 heteroatoms. The van der Waals surface area contributed by atoms with E-state index in [1.54, 1.807) is 18.2 Å². The van der Waals surface area contributed by atoms with Gasteiger partial charge in [0.25, 0.3) is 0 Å². The number of hydrogen-bond donors (Lipinski definition) is 0. The van der Waals surface area contributed by atoms with Gasteiger partial charge in [-0.3, -0.25) is 4.79 Å². The maximum Gasteiger partial charge on any atom is 0.151 e. The zero-order valence-corrected chi connectivity index (χ0v) is 9.15. The molecule has 2 rings (SSSR count). The Bertz CT molecular complexity index is 495. The van der Waals surface area contributed by atoms with E-state index in [0.717, 1.165) is 5.75 Å². The molecule has 0 spiro atoms. The van der Waals surface area contributed by atoms with E-state index < -0.39 is 0 Å². The number of rotatable bonds is 3. The highest BCUT2D eigenvalue weighted by molar-refractivity contribution is 6.33. The van der Waals surface area contributed by atoms with Gasteiger partial charge in [-0.25, -0.2) is 0 Å². The van der Waals surface area contributed by atoms with Gasteiger partial charge in [0.05, 0.1) is 5.02 Å². The minimum atomic E-state index is 0.392. The number of hydrogen-bond acceptors (Lipinski definition) is 2. The molecule has 0 saturated heterocycles. The molecule has 0 aromatic heterocycles. The molecule has 0 bridgehead atoms. The molecule has 0 unspecified atom stereocenters. The molecule has 0 atom stereocenters. The Morgan fingerprint density at radius 3 is 2.38 bits per heavy atom. The summed E-state index contributed by atoms with van der Waals surface area (Å²) in [6, 6.07) is 14.3. The number of benzene rings is 2. The highest BCUT2D eigenvalue weighted by Gasteiger charge is 2.02. The minimum absolute atomic E-state index is 0.392. The molecule has 0 fully saturated rings. The van der Waals surface area contributed by atoms with Gasteiger partial charge in [0.1, 0.15) is 11.5 Å². The van der Waals surface area contributed by atoms with Gasteiger partial charge in [0.2, 0.25) is 0 Å². The second-order valence-corrected chi connectivity index (χ2v) is 3.62. The molecule has 2 aromatic carbocycles. The summed E-state index contributed by atoms with van der Waals surface area (Å²) in [4.78, 5) is 10.6. The van der Waals surface area contributed by atoms with Crippen molar-refractivity contribution in [1.82, 2.24) is 0 Å². The molecule has 80 valence electrons. The quantitative estimate of drug-likeness (QED) is 0.749. The van der Waals surface area contributed by atoms with E-state index in [9.17, 15) is 4.79 Å². The first kappa shape index (κ1) is 10.7. The van der Waals surface area contributed by atoms with E-state index in [0.29, 0.717) is 22.6 Å². The third-order valence-corrected chi connectivity index (χ3v) is 2.41. The van der Waals surface area contributed by atoms with Gasteiger partial charge in [-0.05, 0) is 24.3 Å². The van der Waals surface area contributed by atoms with Crippen LogP contribution < -0.4 is 4.74 Å². The number of ether oxygens (including phenoxy) is 1.